The molecule has 0 spiro atoms. The third-order valence-electron chi connectivity index (χ3n) is 4.67. The van der Waals surface area contributed by atoms with Gasteiger partial charge in [0.05, 0.1) is 0 Å². The van der Waals surface area contributed by atoms with E-state index in [1.54, 1.807) is 0 Å². The normalized spacial score (nSPS) is 14.9. The summed E-state index contributed by atoms with van der Waals surface area (Å²) in [4.78, 5) is 11.6. The van der Waals surface area contributed by atoms with Crippen LogP contribution in [0, 0.1) is 13.8 Å². The maximum absolute atomic E-state index is 13.9. The SMILES string of the molecule is Cc1cccc(C)c1NC(=O)C(F)(F)C(F)(F)C(F)(F)C(F)(F)C(F)(F)C(F)(F)C(F)(F)C(F)F. The molecule has 0 saturated heterocycles. The van der Waals surface area contributed by atoms with Gasteiger partial charge in [0, 0.05) is 5.69 Å². The van der Waals surface area contributed by atoms with Gasteiger partial charge < -0.3 is 5.32 Å². The number of benzene rings is 1. The smallest absolute Gasteiger partial charge is 0.320 e. The fourth-order valence-corrected chi connectivity index (χ4v) is 2.48. The van der Waals surface area contributed by atoms with Gasteiger partial charge in [0.25, 0.3) is 0 Å². The van der Waals surface area contributed by atoms with Crippen LogP contribution in [0.25, 0.3) is 0 Å². The third-order valence-corrected chi connectivity index (χ3v) is 4.67. The van der Waals surface area contributed by atoms with Crippen molar-refractivity contribution in [3.8, 4) is 0 Å². The molecule has 0 heterocycles. The molecule has 0 atom stereocenters. The second-order valence-corrected chi connectivity index (χ2v) is 7.09. The number of halogens is 16. The van der Waals surface area contributed by atoms with Crippen molar-refractivity contribution in [3.63, 3.8) is 0 Å². The number of carbonyl (C=O) groups is 1. The zero-order valence-electron chi connectivity index (χ0n) is 16.8. The van der Waals surface area contributed by atoms with Crippen LogP contribution in [0.3, 0.4) is 0 Å². The first kappa shape index (κ1) is 30.6. The molecule has 0 saturated carbocycles. The zero-order valence-corrected chi connectivity index (χ0v) is 16.8. The molecule has 0 aliphatic heterocycles. The number of alkyl halides is 16. The molecule has 0 bridgehead atoms. The number of hydrogen-bond donors (Lipinski definition) is 1. The van der Waals surface area contributed by atoms with Crippen molar-refractivity contribution in [2.24, 2.45) is 0 Å². The van der Waals surface area contributed by atoms with Crippen LogP contribution in [0.2, 0.25) is 0 Å². The molecule has 0 aliphatic carbocycles. The summed E-state index contributed by atoms with van der Waals surface area (Å²) in [7, 11) is 0. The number of hydrogen-bond acceptors (Lipinski definition) is 1. The van der Waals surface area contributed by atoms with Crippen molar-refractivity contribution in [1.29, 1.82) is 0 Å². The Hall–Kier alpha value is -2.43. The van der Waals surface area contributed by atoms with Crippen molar-refractivity contribution in [2.45, 2.75) is 61.7 Å². The summed E-state index contributed by atoms with van der Waals surface area (Å²) < 4.78 is 213. The molecule has 0 aromatic heterocycles. The highest BCUT2D eigenvalue weighted by atomic mass is 19.4. The molecule has 202 valence electrons. The van der Waals surface area contributed by atoms with Gasteiger partial charge in [-0.25, -0.2) is 8.78 Å². The van der Waals surface area contributed by atoms with Gasteiger partial charge in [-0.3, -0.25) is 4.79 Å². The van der Waals surface area contributed by atoms with Gasteiger partial charge in [-0.1, -0.05) is 18.2 Å². The summed E-state index contributed by atoms with van der Waals surface area (Å²) in [5, 5.41) is 0.955. The molecule has 1 N–H and O–H groups in total. The van der Waals surface area contributed by atoms with Gasteiger partial charge in [-0.05, 0) is 25.0 Å². The Morgan fingerprint density at radius 1 is 0.657 bits per heavy atom. The topological polar surface area (TPSA) is 29.1 Å². The number of amides is 1. The molecule has 0 unspecified atom stereocenters. The number of para-hydroxylation sites is 1. The molecule has 0 fully saturated rings. The lowest BCUT2D eigenvalue weighted by Crippen LogP contribution is -2.74. The van der Waals surface area contributed by atoms with E-state index in [1.165, 1.54) is 6.07 Å². The molecule has 35 heavy (non-hydrogen) atoms. The van der Waals surface area contributed by atoms with Gasteiger partial charge in [-0.15, -0.1) is 0 Å². The molecule has 1 aromatic rings. The lowest BCUT2D eigenvalue weighted by molar-refractivity contribution is -0.443. The Bertz CT molecular complexity index is 935. The van der Waals surface area contributed by atoms with Crippen molar-refractivity contribution in [1.82, 2.24) is 0 Å². The summed E-state index contributed by atoms with van der Waals surface area (Å²) in [6, 6.07) is 3.32. The second kappa shape index (κ2) is 8.60. The molecule has 1 amide bonds. The lowest BCUT2D eigenvalue weighted by Gasteiger charge is -2.42. The van der Waals surface area contributed by atoms with E-state index in [4.69, 9.17) is 0 Å². The van der Waals surface area contributed by atoms with Gasteiger partial charge in [0.15, 0.2) is 0 Å². The third kappa shape index (κ3) is 4.15. The van der Waals surface area contributed by atoms with E-state index in [1.807, 2.05) is 0 Å². The molecule has 1 rings (SSSR count). The maximum Gasteiger partial charge on any atom is 0.393 e. The monoisotopic (exact) mass is 549 g/mol. The van der Waals surface area contributed by atoms with E-state index in [2.05, 4.69) is 0 Å². The first-order valence-electron chi connectivity index (χ1n) is 8.57. The Morgan fingerprint density at radius 2 is 1.00 bits per heavy atom. The van der Waals surface area contributed by atoms with Crippen molar-refractivity contribution in [2.75, 3.05) is 5.32 Å². The predicted molar refractivity (Wildman–Crippen MR) is 85.2 cm³/mol. The average Bonchev–Trinajstić information content (AvgIpc) is 2.69. The molecule has 2 nitrogen and oxygen atoms in total. The van der Waals surface area contributed by atoms with Crippen LogP contribution in [0.4, 0.5) is 75.9 Å². The van der Waals surface area contributed by atoms with Crippen molar-refractivity contribution >= 4 is 11.6 Å². The van der Waals surface area contributed by atoms with Crippen LogP contribution in [0.1, 0.15) is 11.1 Å². The van der Waals surface area contributed by atoms with Crippen LogP contribution in [-0.4, -0.2) is 53.8 Å². The van der Waals surface area contributed by atoms with Crippen LogP contribution < -0.4 is 5.32 Å². The quantitative estimate of drug-likeness (QED) is 0.332. The average molecular weight is 549 g/mol. The highest BCUT2D eigenvalue weighted by Crippen LogP contribution is 2.62. The van der Waals surface area contributed by atoms with E-state index < -0.39 is 59.5 Å². The number of anilines is 1. The molecular weight excluding hydrogens is 538 g/mol. The van der Waals surface area contributed by atoms with Crippen molar-refractivity contribution < 1.29 is 75.0 Å². The van der Waals surface area contributed by atoms with Crippen LogP contribution in [0.15, 0.2) is 18.2 Å². The number of aryl methyl sites for hydroxylation is 2. The fraction of sp³-hybridized carbons (Fsp3) is 0.588. The second-order valence-electron chi connectivity index (χ2n) is 7.09. The zero-order chi connectivity index (χ0) is 28.2. The minimum Gasteiger partial charge on any atom is -0.320 e. The molecule has 0 aliphatic rings. The maximum atomic E-state index is 13.9. The van der Waals surface area contributed by atoms with Crippen molar-refractivity contribution in [3.05, 3.63) is 29.3 Å². The summed E-state index contributed by atoms with van der Waals surface area (Å²) in [6.07, 6.45) is -5.92. The van der Waals surface area contributed by atoms with Gasteiger partial charge in [0.1, 0.15) is 0 Å². The number of rotatable bonds is 9. The van der Waals surface area contributed by atoms with E-state index in [0.717, 1.165) is 31.3 Å². The van der Waals surface area contributed by atoms with E-state index in [-0.39, 0.29) is 11.1 Å². The first-order chi connectivity index (χ1) is 15.3. The largest absolute Gasteiger partial charge is 0.393 e. The highest BCUT2D eigenvalue weighted by molar-refractivity contribution is 5.98. The van der Waals surface area contributed by atoms with E-state index in [0.29, 0.717) is 0 Å². The summed E-state index contributed by atoms with van der Waals surface area (Å²) in [5.74, 6) is -59.7. The Balaban J connectivity index is 3.59. The lowest BCUT2D eigenvalue weighted by atomic mass is 9.89. The van der Waals surface area contributed by atoms with Gasteiger partial charge >= 0.3 is 53.8 Å². The predicted octanol–water partition coefficient (Wildman–Crippen LogP) is 6.95. The molecule has 1 aromatic carbocycles. The Morgan fingerprint density at radius 3 is 1.37 bits per heavy atom. The summed E-state index contributed by atoms with van der Waals surface area (Å²) in [6.45, 7) is 2.10. The summed E-state index contributed by atoms with van der Waals surface area (Å²) in [5.41, 5.74) is -1.12. The Labute approximate surface area is 184 Å². The van der Waals surface area contributed by atoms with E-state index >= 15 is 0 Å². The fourth-order valence-electron chi connectivity index (χ4n) is 2.48. The highest BCUT2D eigenvalue weighted by Gasteiger charge is 2.94. The van der Waals surface area contributed by atoms with Crippen LogP contribution in [0.5, 0.6) is 0 Å². The number of carbonyl (C=O) groups excluding carboxylic acids is 1. The summed E-state index contributed by atoms with van der Waals surface area (Å²) >= 11 is 0. The van der Waals surface area contributed by atoms with Crippen LogP contribution >= 0.6 is 0 Å². The molecular formula is C17H11F16NO. The standard InChI is InChI=1S/C17H11F16NO/c1-6-4-3-5-7(2)8(6)34-10(35)12(22,23)14(26,27)16(30,31)17(32,33)15(28,29)13(24,25)11(20,21)9(18)19/h3-5,9H,1-2H3,(H,34,35). The van der Waals surface area contributed by atoms with Crippen LogP contribution in [-0.2, 0) is 4.79 Å². The first-order valence-corrected chi connectivity index (χ1v) is 8.57. The number of nitrogens with one attached hydrogen (secondary N) is 1. The minimum absolute atomic E-state index is 0.185. The minimum atomic E-state index is -8.55. The van der Waals surface area contributed by atoms with E-state index in [9.17, 15) is 75.0 Å². The van der Waals surface area contributed by atoms with Gasteiger partial charge in [-0.2, -0.15) is 61.5 Å². The Kier molecular flexibility index (Phi) is 7.52. The van der Waals surface area contributed by atoms with Gasteiger partial charge in [0.2, 0.25) is 0 Å². The molecule has 18 heteroatoms. The molecule has 0 radical (unpaired) electrons.